The molecule has 21 heavy (non-hydrogen) atoms. The van der Waals surface area contributed by atoms with Crippen molar-refractivity contribution >= 4 is 10.8 Å². The van der Waals surface area contributed by atoms with E-state index in [1.54, 1.807) is 18.4 Å². The number of rotatable bonds is 5. The summed E-state index contributed by atoms with van der Waals surface area (Å²) in [6, 6.07) is 15.1. The molecule has 0 saturated carbocycles. The number of phenolic OH excluding ortho intramolecular Hbond substituents is 1. The fraction of sp³-hybridized carbons (Fsp3) is 0.294. The number of aromatic hydroxyl groups is 1. The van der Waals surface area contributed by atoms with Gasteiger partial charge < -0.3 is 9.84 Å². The maximum Gasteiger partial charge on any atom is 0.162 e. The molecule has 1 atom stereocenters. The Balaban J connectivity index is 2.20. The first-order valence-corrected chi connectivity index (χ1v) is 8.45. The lowest BCUT2D eigenvalue weighted by Gasteiger charge is -2.26. The highest BCUT2D eigenvalue weighted by Gasteiger charge is 2.22. The molecule has 2 aromatic rings. The Hall–Kier alpha value is -1.81. The second-order valence-corrected chi connectivity index (χ2v) is 6.91. The molecular weight excluding hydrogens is 284 g/mol. The number of hydrogen-bond acceptors (Lipinski definition) is 3. The average Bonchev–Trinajstić information content (AvgIpc) is 2.46. The monoisotopic (exact) mass is 304 g/mol. The third kappa shape index (κ3) is 3.85. The van der Waals surface area contributed by atoms with E-state index in [0.29, 0.717) is 0 Å². The van der Waals surface area contributed by atoms with E-state index in [2.05, 4.69) is 13.8 Å². The Morgan fingerprint density at radius 3 is 1.95 bits per heavy atom. The quantitative estimate of drug-likeness (QED) is 0.920. The van der Waals surface area contributed by atoms with Crippen LogP contribution in [0.5, 0.6) is 11.5 Å². The fourth-order valence-electron chi connectivity index (χ4n) is 2.16. The molecule has 0 bridgehead atoms. The van der Waals surface area contributed by atoms with Crippen molar-refractivity contribution in [3.05, 3.63) is 59.7 Å². The zero-order valence-electron chi connectivity index (χ0n) is 12.5. The van der Waals surface area contributed by atoms with E-state index in [1.807, 2.05) is 36.4 Å². The standard InChI is InChI=1S/C17H20O3S/c1-17(2,13-4-8-15(18)9-5-13)14-6-10-16(11-7-14)20-12-21(3)19/h4-11,18H,12H2,1-3H3. The molecule has 0 heterocycles. The lowest BCUT2D eigenvalue weighted by Crippen LogP contribution is -2.18. The summed E-state index contributed by atoms with van der Waals surface area (Å²) in [6.07, 6.45) is 1.61. The van der Waals surface area contributed by atoms with Crippen LogP contribution in [0.15, 0.2) is 48.5 Å². The fourth-order valence-corrected chi connectivity index (χ4v) is 2.47. The Kier molecular flexibility index (Phi) is 4.68. The van der Waals surface area contributed by atoms with E-state index in [1.165, 1.54) is 0 Å². The second kappa shape index (κ2) is 6.31. The molecule has 112 valence electrons. The molecular formula is C17H20O3S. The third-order valence-electron chi connectivity index (χ3n) is 3.56. The van der Waals surface area contributed by atoms with Crippen LogP contribution in [0.3, 0.4) is 0 Å². The maximum atomic E-state index is 11.0. The smallest absolute Gasteiger partial charge is 0.162 e. The largest absolute Gasteiger partial charge is 0.508 e. The van der Waals surface area contributed by atoms with Crippen molar-refractivity contribution in [1.82, 2.24) is 0 Å². The van der Waals surface area contributed by atoms with E-state index in [4.69, 9.17) is 4.74 Å². The van der Waals surface area contributed by atoms with Crippen molar-refractivity contribution in [2.24, 2.45) is 0 Å². The first-order valence-electron chi connectivity index (χ1n) is 6.72. The average molecular weight is 304 g/mol. The van der Waals surface area contributed by atoms with Crippen LogP contribution in [0.1, 0.15) is 25.0 Å². The predicted molar refractivity (Wildman–Crippen MR) is 86.2 cm³/mol. The van der Waals surface area contributed by atoms with Crippen LogP contribution in [-0.4, -0.2) is 21.5 Å². The van der Waals surface area contributed by atoms with Crippen molar-refractivity contribution in [1.29, 1.82) is 0 Å². The Labute approximate surface area is 128 Å². The van der Waals surface area contributed by atoms with E-state index in [-0.39, 0.29) is 17.1 Å². The molecule has 4 heteroatoms. The molecule has 2 rings (SSSR count). The van der Waals surface area contributed by atoms with Gasteiger partial charge in [0.1, 0.15) is 11.5 Å². The summed E-state index contributed by atoms with van der Waals surface area (Å²) in [5, 5.41) is 9.39. The number of ether oxygens (including phenoxy) is 1. The lowest BCUT2D eigenvalue weighted by molar-refractivity contribution is 0.386. The number of benzene rings is 2. The molecule has 0 aliphatic carbocycles. The van der Waals surface area contributed by atoms with Crippen molar-refractivity contribution < 1.29 is 14.1 Å². The van der Waals surface area contributed by atoms with Gasteiger partial charge in [-0.1, -0.05) is 38.1 Å². The van der Waals surface area contributed by atoms with Gasteiger partial charge in [-0.2, -0.15) is 0 Å². The van der Waals surface area contributed by atoms with Gasteiger partial charge in [0.15, 0.2) is 5.94 Å². The molecule has 0 radical (unpaired) electrons. The van der Waals surface area contributed by atoms with Crippen LogP contribution in [0.2, 0.25) is 0 Å². The molecule has 1 N–H and O–H groups in total. The Bertz CT molecular complexity index is 615. The molecule has 0 aromatic heterocycles. The van der Waals surface area contributed by atoms with E-state index in [0.717, 1.165) is 16.9 Å². The van der Waals surface area contributed by atoms with Crippen LogP contribution in [0, 0.1) is 0 Å². The van der Waals surface area contributed by atoms with Crippen LogP contribution >= 0.6 is 0 Å². The summed E-state index contributed by atoms with van der Waals surface area (Å²) < 4.78 is 16.4. The number of hydrogen-bond donors (Lipinski definition) is 1. The molecule has 0 fully saturated rings. The van der Waals surface area contributed by atoms with E-state index < -0.39 is 10.8 Å². The summed E-state index contributed by atoms with van der Waals surface area (Å²) in [6.45, 7) is 4.27. The zero-order valence-corrected chi connectivity index (χ0v) is 13.3. The summed E-state index contributed by atoms with van der Waals surface area (Å²) in [5.41, 5.74) is 2.11. The highest BCUT2D eigenvalue weighted by atomic mass is 32.2. The summed E-state index contributed by atoms with van der Waals surface area (Å²) >= 11 is 0. The van der Waals surface area contributed by atoms with Crippen LogP contribution in [0.25, 0.3) is 0 Å². The SMILES string of the molecule is CS(=O)COc1ccc(C(C)(C)c2ccc(O)cc2)cc1. The van der Waals surface area contributed by atoms with Crippen molar-refractivity contribution in [3.63, 3.8) is 0 Å². The van der Waals surface area contributed by atoms with Crippen LogP contribution < -0.4 is 4.74 Å². The van der Waals surface area contributed by atoms with E-state index in [9.17, 15) is 9.32 Å². The minimum Gasteiger partial charge on any atom is -0.508 e. The molecule has 0 amide bonds. The van der Waals surface area contributed by atoms with Crippen molar-refractivity contribution in [2.45, 2.75) is 19.3 Å². The van der Waals surface area contributed by atoms with Gasteiger partial charge in [0.2, 0.25) is 0 Å². The molecule has 3 nitrogen and oxygen atoms in total. The Morgan fingerprint density at radius 1 is 1.00 bits per heavy atom. The highest BCUT2D eigenvalue weighted by molar-refractivity contribution is 7.84. The van der Waals surface area contributed by atoms with Gasteiger partial charge >= 0.3 is 0 Å². The normalized spacial score (nSPS) is 12.9. The molecule has 1 unspecified atom stereocenters. The molecule has 0 aliphatic heterocycles. The van der Waals surface area contributed by atoms with E-state index >= 15 is 0 Å². The van der Waals surface area contributed by atoms with Gasteiger partial charge in [-0.3, -0.25) is 4.21 Å². The third-order valence-corrected chi connectivity index (χ3v) is 4.01. The van der Waals surface area contributed by atoms with Crippen molar-refractivity contribution in [2.75, 3.05) is 12.2 Å². The van der Waals surface area contributed by atoms with Crippen molar-refractivity contribution in [3.8, 4) is 11.5 Å². The second-order valence-electron chi connectivity index (χ2n) is 5.53. The van der Waals surface area contributed by atoms with Gasteiger partial charge in [0.05, 0.1) is 10.8 Å². The molecule has 2 aromatic carbocycles. The van der Waals surface area contributed by atoms with Gasteiger partial charge in [-0.05, 0) is 35.4 Å². The topological polar surface area (TPSA) is 46.5 Å². The maximum absolute atomic E-state index is 11.0. The molecule has 0 spiro atoms. The van der Waals surface area contributed by atoms with Crippen LogP contribution in [0.4, 0.5) is 0 Å². The summed E-state index contributed by atoms with van der Waals surface area (Å²) in [5.74, 6) is 1.20. The van der Waals surface area contributed by atoms with Gasteiger partial charge in [0, 0.05) is 11.7 Å². The number of phenols is 1. The first kappa shape index (κ1) is 15.6. The molecule has 0 aliphatic rings. The van der Waals surface area contributed by atoms with Gasteiger partial charge in [0.25, 0.3) is 0 Å². The van der Waals surface area contributed by atoms with Gasteiger partial charge in [-0.25, -0.2) is 0 Å². The lowest BCUT2D eigenvalue weighted by atomic mass is 9.78. The summed E-state index contributed by atoms with van der Waals surface area (Å²) in [4.78, 5) is 0. The first-order chi connectivity index (χ1) is 9.89. The van der Waals surface area contributed by atoms with Crippen LogP contribution in [-0.2, 0) is 16.2 Å². The minimum atomic E-state index is -0.966. The summed E-state index contributed by atoms with van der Waals surface area (Å²) in [7, 11) is -0.966. The van der Waals surface area contributed by atoms with Gasteiger partial charge in [-0.15, -0.1) is 0 Å². The Morgan fingerprint density at radius 2 is 1.48 bits per heavy atom. The molecule has 0 saturated heterocycles. The minimum absolute atomic E-state index is 0.167. The zero-order chi connectivity index (χ0) is 15.5. The highest BCUT2D eigenvalue weighted by Crippen LogP contribution is 2.33. The predicted octanol–water partition coefficient (Wildman–Crippen LogP) is 3.43.